The zero-order valence-electron chi connectivity index (χ0n) is 16.8. The van der Waals surface area contributed by atoms with Crippen molar-refractivity contribution < 1.29 is 28.0 Å². The van der Waals surface area contributed by atoms with Gasteiger partial charge in [0.1, 0.15) is 17.6 Å². The van der Waals surface area contributed by atoms with Gasteiger partial charge in [0.25, 0.3) is 0 Å². The number of nitrogens with zero attached hydrogens (tertiary/aromatic N) is 3. The molecule has 0 unspecified atom stereocenters. The third kappa shape index (κ3) is 4.18. The van der Waals surface area contributed by atoms with E-state index in [0.29, 0.717) is 16.9 Å². The second-order valence-electron chi connectivity index (χ2n) is 7.13. The predicted octanol–water partition coefficient (Wildman–Crippen LogP) is 2.94. The second kappa shape index (κ2) is 8.05. The number of aromatic nitrogens is 2. The van der Waals surface area contributed by atoms with E-state index in [9.17, 15) is 18.8 Å². The third-order valence-corrected chi connectivity index (χ3v) is 4.82. The molecule has 0 aliphatic carbocycles. The maximum absolute atomic E-state index is 14.9. The average Bonchev–Trinajstić information content (AvgIpc) is 3.45. The molecule has 4 rings (SSSR count). The molecule has 1 saturated heterocycles. The summed E-state index contributed by atoms with van der Waals surface area (Å²) in [5, 5.41) is 6.45. The van der Waals surface area contributed by atoms with Crippen molar-refractivity contribution in [3.63, 3.8) is 0 Å². The largest absolute Gasteiger partial charge is 0.442 e. The minimum atomic E-state index is -0.599. The van der Waals surface area contributed by atoms with Crippen LogP contribution in [0, 0.1) is 5.82 Å². The summed E-state index contributed by atoms with van der Waals surface area (Å²) in [5.74, 6) is -0.853. The molecule has 1 aliphatic heterocycles. The SMILES string of the molecule is CC(=O)NC[C@H]1CN(c2ccc(-n3ccc(-c4cc(C(C)=O)on4)c3)c(F)c2)C(=O)O1. The number of hydrogen-bond donors (Lipinski definition) is 1. The van der Waals surface area contributed by atoms with Gasteiger partial charge in [-0.05, 0) is 24.3 Å². The summed E-state index contributed by atoms with van der Waals surface area (Å²) in [7, 11) is 0. The molecule has 1 aliphatic rings. The molecule has 0 radical (unpaired) electrons. The summed E-state index contributed by atoms with van der Waals surface area (Å²) < 4.78 is 26.6. The Hall–Kier alpha value is -3.95. The first kappa shape index (κ1) is 20.3. The molecule has 1 aromatic carbocycles. The topological polar surface area (TPSA) is 107 Å². The van der Waals surface area contributed by atoms with Crippen LogP contribution in [0.3, 0.4) is 0 Å². The molecule has 3 aromatic rings. The molecule has 0 saturated carbocycles. The van der Waals surface area contributed by atoms with Crippen LogP contribution in [0.1, 0.15) is 24.4 Å². The number of carbonyl (C=O) groups excluding carboxylic acids is 3. The van der Waals surface area contributed by atoms with Crippen molar-refractivity contribution in [3.8, 4) is 16.9 Å². The van der Waals surface area contributed by atoms with E-state index in [4.69, 9.17) is 9.26 Å². The van der Waals surface area contributed by atoms with Crippen molar-refractivity contribution in [3.05, 3.63) is 54.3 Å². The van der Waals surface area contributed by atoms with Gasteiger partial charge in [0.05, 0.1) is 24.5 Å². The van der Waals surface area contributed by atoms with Crippen molar-refractivity contribution in [2.24, 2.45) is 0 Å². The fourth-order valence-electron chi connectivity index (χ4n) is 3.24. The van der Waals surface area contributed by atoms with E-state index in [1.807, 2.05) is 0 Å². The smallest absolute Gasteiger partial charge is 0.414 e. The maximum atomic E-state index is 14.9. The molecule has 1 atom stereocenters. The molecule has 2 amide bonds. The van der Waals surface area contributed by atoms with Crippen LogP contribution in [0.4, 0.5) is 14.9 Å². The Morgan fingerprint density at radius 3 is 2.74 bits per heavy atom. The monoisotopic (exact) mass is 426 g/mol. The Morgan fingerprint density at radius 1 is 1.26 bits per heavy atom. The lowest BCUT2D eigenvalue weighted by Gasteiger charge is -2.14. The normalized spacial score (nSPS) is 15.8. The Morgan fingerprint density at radius 2 is 2.06 bits per heavy atom. The van der Waals surface area contributed by atoms with Crippen LogP contribution >= 0.6 is 0 Å². The number of halogens is 1. The lowest BCUT2D eigenvalue weighted by molar-refractivity contribution is -0.119. The number of carbonyl (C=O) groups is 3. The second-order valence-corrected chi connectivity index (χ2v) is 7.13. The number of nitrogens with one attached hydrogen (secondary N) is 1. The molecule has 0 bridgehead atoms. The van der Waals surface area contributed by atoms with Gasteiger partial charge >= 0.3 is 6.09 Å². The number of ether oxygens (including phenoxy) is 1. The minimum absolute atomic E-state index is 0.146. The van der Waals surface area contributed by atoms with E-state index in [2.05, 4.69) is 10.5 Å². The highest BCUT2D eigenvalue weighted by atomic mass is 19.1. The maximum Gasteiger partial charge on any atom is 0.414 e. The van der Waals surface area contributed by atoms with E-state index in [1.165, 1.54) is 30.9 Å². The fraction of sp³-hybridized carbons (Fsp3) is 0.238. The minimum Gasteiger partial charge on any atom is -0.442 e. The highest BCUT2D eigenvalue weighted by molar-refractivity contribution is 5.92. The molecule has 160 valence electrons. The van der Waals surface area contributed by atoms with Crippen molar-refractivity contribution in [2.45, 2.75) is 20.0 Å². The van der Waals surface area contributed by atoms with E-state index < -0.39 is 18.0 Å². The summed E-state index contributed by atoms with van der Waals surface area (Å²) in [4.78, 5) is 35.8. The molecule has 0 spiro atoms. The van der Waals surface area contributed by atoms with Crippen LogP contribution in [0.5, 0.6) is 0 Å². The van der Waals surface area contributed by atoms with Crippen LogP contribution in [0.25, 0.3) is 16.9 Å². The van der Waals surface area contributed by atoms with Crippen molar-refractivity contribution in [1.82, 2.24) is 15.0 Å². The molecular weight excluding hydrogens is 407 g/mol. The summed E-state index contributed by atoms with van der Waals surface area (Å²) >= 11 is 0. The molecule has 3 heterocycles. The number of amides is 2. The van der Waals surface area contributed by atoms with Gasteiger partial charge in [0.15, 0.2) is 5.78 Å². The van der Waals surface area contributed by atoms with Gasteiger partial charge in [-0.3, -0.25) is 14.5 Å². The molecule has 1 fully saturated rings. The van der Waals surface area contributed by atoms with E-state index in [1.54, 1.807) is 35.2 Å². The summed E-state index contributed by atoms with van der Waals surface area (Å²) in [6.07, 6.45) is 2.21. The van der Waals surface area contributed by atoms with Crippen LogP contribution in [0.15, 0.2) is 47.2 Å². The zero-order valence-corrected chi connectivity index (χ0v) is 16.8. The van der Waals surface area contributed by atoms with Crippen molar-refractivity contribution >= 4 is 23.5 Å². The third-order valence-electron chi connectivity index (χ3n) is 4.82. The Bertz CT molecular complexity index is 1170. The van der Waals surface area contributed by atoms with Gasteiger partial charge < -0.3 is 19.1 Å². The molecule has 1 N–H and O–H groups in total. The Kier molecular flexibility index (Phi) is 5.28. The molecule has 9 nitrogen and oxygen atoms in total. The summed E-state index contributed by atoms with van der Waals surface area (Å²) in [5.41, 5.74) is 1.74. The summed E-state index contributed by atoms with van der Waals surface area (Å²) in [6.45, 7) is 3.15. The van der Waals surface area contributed by atoms with Gasteiger partial charge in [-0.2, -0.15) is 0 Å². The van der Waals surface area contributed by atoms with Gasteiger partial charge in [-0.15, -0.1) is 0 Å². The van der Waals surface area contributed by atoms with Crippen LogP contribution in [-0.2, 0) is 9.53 Å². The molecular formula is C21H19FN4O5. The average molecular weight is 426 g/mol. The van der Waals surface area contributed by atoms with Gasteiger partial charge in [0.2, 0.25) is 11.7 Å². The number of Topliss-reactive ketones (excluding diaryl/α,β-unsaturated/α-hetero) is 1. The van der Waals surface area contributed by atoms with Crippen molar-refractivity contribution in [1.29, 1.82) is 0 Å². The molecule has 2 aromatic heterocycles. The number of benzene rings is 1. The summed E-state index contributed by atoms with van der Waals surface area (Å²) in [6, 6.07) is 7.66. The number of rotatable bonds is 6. The molecule has 10 heteroatoms. The van der Waals surface area contributed by atoms with Crippen molar-refractivity contribution in [2.75, 3.05) is 18.0 Å². The molecule has 31 heavy (non-hydrogen) atoms. The van der Waals surface area contributed by atoms with Crippen LogP contribution in [-0.4, -0.2) is 46.7 Å². The number of anilines is 1. The number of hydrogen-bond acceptors (Lipinski definition) is 6. The quantitative estimate of drug-likeness (QED) is 0.608. The standard InChI is InChI=1S/C21H19FN4O5/c1-12(27)20-8-18(24-31-20)14-5-6-25(10-14)19-4-3-15(7-17(19)22)26-11-16(30-21(26)29)9-23-13(2)28/h3-8,10,16H,9,11H2,1-2H3,(H,23,28)/t16-/m0/s1. The van der Waals surface area contributed by atoms with Gasteiger partial charge in [0, 0.05) is 37.9 Å². The van der Waals surface area contributed by atoms with E-state index >= 15 is 0 Å². The lowest BCUT2D eigenvalue weighted by Crippen LogP contribution is -2.33. The Labute approximate surface area is 176 Å². The van der Waals surface area contributed by atoms with Gasteiger partial charge in [-0.1, -0.05) is 5.16 Å². The Balaban J connectivity index is 1.52. The number of cyclic esters (lactones) is 1. The van der Waals surface area contributed by atoms with Crippen LogP contribution < -0.4 is 10.2 Å². The first-order valence-corrected chi connectivity index (χ1v) is 9.50. The lowest BCUT2D eigenvalue weighted by atomic mass is 10.2. The van der Waals surface area contributed by atoms with E-state index in [0.717, 1.165) is 0 Å². The zero-order chi connectivity index (χ0) is 22.1. The highest BCUT2D eigenvalue weighted by Gasteiger charge is 2.32. The fourth-order valence-corrected chi connectivity index (χ4v) is 3.24. The van der Waals surface area contributed by atoms with Crippen LogP contribution in [0.2, 0.25) is 0 Å². The first-order chi connectivity index (χ1) is 14.8. The predicted molar refractivity (Wildman–Crippen MR) is 108 cm³/mol. The van der Waals surface area contributed by atoms with E-state index in [-0.39, 0.29) is 36.2 Å². The highest BCUT2D eigenvalue weighted by Crippen LogP contribution is 2.27. The van der Waals surface area contributed by atoms with Gasteiger partial charge in [-0.25, -0.2) is 9.18 Å². The first-order valence-electron chi connectivity index (χ1n) is 9.50. The number of ketones is 1.